The summed E-state index contributed by atoms with van der Waals surface area (Å²) in [6.45, 7) is 1.55. The number of benzene rings is 2. The maximum atomic E-state index is 12.1. The van der Waals surface area contributed by atoms with Crippen molar-refractivity contribution >= 4 is 28.9 Å². The Kier molecular flexibility index (Phi) is 7.58. The molecule has 11 heteroatoms. The molecule has 1 N–H and O–H groups in total. The Balaban J connectivity index is 0.00000364. The SMILES string of the molecule is Cc1ccc(NC(=O)Cc2ccc([N+](=O)[O-])cc2C(=O)[O-])cc1[N+](=O)[O-].[Na+]. The van der Waals surface area contributed by atoms with Gasteiger partial charge in [-0.3, -0.25) is 25.0 Å². The van der Waals surface area contributed by atoms with Gasteiger partial charge in [0.05, 0.1) is 22.2 Å². The van der Waals surface area contributed by atoms with Gasteiger partial charge in [0.2, 0.25) is 5.91 Å². The molecule has 27 heavy (non-hydrogen) atoms. The van der Waals surface area contributed by atoms with Gasteiger partial charge in [-0.05, 0) is 18.6 Å². The number of non-ortho nitro benzene ring substituents is 1. The van der Waals surface area contributed by atoms with E-state index in [0.29, 0.717) is 5.56 Å². The van der Waals surface area contributed by atoms with Crippen LogP contribution < -0.4 is 40.0 Å². The molecule has 1 amide bonds. The van der Waals surface area contributed by atoms with Gasteiger partial charge in [-0.15, -0.1) is 0 Å². The molecule has 0 unspecified atom stereocenters. The van der Waals surface area contributed by atoms with E-state index >= 15 is 0 Å². The molecule has 10 nitrogen and oxygen atoms in total. The normalized spacial score (nSPS) is 9.81. The number of carbonyl (C=O) groups excluding carboxylic acids is 2. The van der Waals surface area contributed by atoms with E-state index in [1.165, 1.54) is 18.2 Å². The molecule has 0 atom stereocenters. The maximum Gasteiger partial charge on any atom is 1.00 e. The molecule has 0 radical (unpaired) electrons. The van der Waals surface area contributed by atoms with E-state index in [2.05, 4.69) is 5.32 Å². The van der Waals surface area contributed by atoms with Crippen molar-refractivity contribution in [2.24, 2.45) is 0 Å². The van der Waals surface area contributed by atoms with Crippen LogP contribution in [0.5, 0.6) is 0 Å². The van der Waals surface area contributed by atoms with E-state index in [9.17, 15) is 34.9 Å². The number of hydrogen-bond acceptors (Lipinski definition) is 7. The summed E-state index contributed by atoms with van der Waals surface area (Å²) in [7, 11) is 0. The summed E-state index contributed by atoms with van der Waals surface area (Å²) in [4.78, 5) is 43.6. The number of amides is 1. The first-order valence-corrected chi connectivity index (χ1v) is 7.22. The molecule has 0 spiro atoms. The first-order chi connectivity index (χ1) is 12.2. The molecule has 2 aromatic carbocycles. The van der Waals surface area contributed by atoms with Gasteiger partial charge in [0.25, 0.3) is 11.4 Å². The molecule has 0 heterocycles. The van der Waals surface area contributed by atoms with Crippen LogP contribution in [0.1, 0.15) is 21.5 Å². The number of rotatable bonds is 6. The summed E-state index contributed by atoms with van der Waals surface area (Å²) in [6.07, 6.45) is -0.400. The van der Waals surface area contributed by atoms with Gasteiger partial charge in [-0.2, -0.15) is 0 Å². The van der Waals surface area contributed by atoms with Crippen LogP contribution in [0.15, 0.2) is 36.4 Å². The molecule has 0 aliphatic heterocycles. The van der Waals surface area contributed by atoms with Crippen molar-refractivity contribution in [2.45, 2.75) is 13.3 Å². The number of nitrogens with one attached hydrogen (secondary N) is 1. The van der Waals surface area contributed by atoms with Crippen LogP contribution in [0.2, 0.25) is 0 Å². The van der Waals surface area contributed by atoms with E-state index in [4.69, 9.17) is 0 Å². The molecule has 0 aliphatic carbocycles. The predicted molar refractivity (Wildman–Crippen MR) is 87.6 cm³/mol. The smallest absolute Gasteiger partial charge is 0.545 e. The summed E-state index contributed by atoms with van der Waals surface area (Å²) < 4.78 is 0. The fourth-order valence-electron chi connectivity index (χ4n) is 2.28. The molecule has 0 aromatic heterocycles. The van der Waals surface area contributed by atoms with Gasteiger partial charge < -0.3 is 15.2 Å². The minimum atomic E-state index is -1.65. The topological polar surface area (TPSA) is 156 Å². The fourth-order valence-corrected chi connectivity index (χ4v) is 2.28. The van der Waals surface area contributed by atoms with E-state index in [-0.39, 0.29) is 46.5 Å². The molecule has 134 valence electrons. The van der Waals surface area contributed by atoms with E-state index < -0.39 is 39.4 Å². The minimum absolute atomic E-state index is 0. The molecule has 2 aromatic rings. The molecule has 0 saturated carbocycles. The van der Waals surface area contributed by atoms with Crippen LogP contribution in [-0.4, -0.2) is 21.7 Å². The molecular weight excluding hydrogens is 369 g/mol. The first-order valence-electron chi connectivity index (χ1n) is 7.22. The average Bonchev–Trinajstić information content (AvgIpc) is 2.56. The summed E-state index contributed by atoms with van der Waals surface area (Å²) >= 11 is 0. The zero-order chi connectivity index (χ0) is 19.4. The number of aromatic carboxylic acids is 1. The van der Waals surface area contributed by atoms with Gasteiger partial charge in [-0.25, -0.2) is 0 Å². The summed E-state index contributed by atoms with van der Waals surface area (Å²) in [6, 6.07) is 7.16. The number of nitro groups is 2. The zero-order valence-corrected chi connectivity index (χ0v) is 16.4. The quantitative estimate of drug-likeness (QED) is 0.357. The largest absolute Gasteiger partial charge is 1.00 e. The number of anilines is 1. The third-order valence-corrected chi connectivity index (χ3v) is 3.56. The summed E-state index contributed by atoms with van der Waals surface area (Å²) in [5.74, 6) is -2.29. The van der Waals surface area contributed by atoms with Crippen LogP contribution >= 0.6 is 0 Å². The number of hydrogen-bond donors (Lipinski definition) is 1. The maximum absolute atomic E-state index is 12.1. The van der Waals surface area contributed by atoms with Gasteiger partial charge in [0.15, 0.2) is 0 Å². The number of nitro benzene ring substituents is 2. The van der Waals surface area contributed by atoms with Crippen LogP contribution in [-0.2, 0) is 11.2 Å². The van der Waals surface area contributed by atoms with E-state index in [1.54, 1.807) is 6.92 Å². The average molecular weight is 381 g/mol. The fraction of sp³-hybridized carbons (Fsp3) is 0.125. The van der Waals surface area contributed by atoms with Gasteiger partial charge in [0.1, 0.15) is 0 Å². The van der Waals surface area contributed by atoms with Crippen molar-refractivity contribution in [3.8, 4) is 0 Å². The van der Waals surface area contributed by atoms with Gasteiger partial charge in [-0.1, -0.05) is 12.1 Å². The van der Waals surface area contributed by atoms with Crippen molar-refractivity contribution in [3.05, 3.63) is 73.3 Å². The summed E-state index contributed by atoms with van der Waals surface area (Å²) in [5.41, 5.74) is -0.471. The molecular formula is C16H12N3NaO7. The molecule has 0 aliphatic rings. The van der Waals surface area contributed by atoms with Crippen LogP contribution in [0.3, 0.4) is 0 Å². The second kappa shape index (κ2) is 9.21. The molecule has 2 rings (SSSR count). The standard InChI is InChI=1S/C16H13N3O7.Na/c1-9-2-4-11(7-14(9)19(25)26)17-15(20)6-10-3-5-12(18(23)24)8-13(10)16(21)22;/h2-5,7-8H,6H2,1H3,(H,17,20)(H,21,22);/q;+1/p-1. The Morgan fingerprint density at radius 2 is 1.70 bits per heavy atom. The van der Waals surface area contributed by atoms with Crippen LogP contribution in [0, 0.1) is 27.2 Å². The number of aryl methyl sites for hydroxylation is 1. The van der Waals surface area contributed by atoms with E-state index in [1.807, 2.05) is 0 Å². The van der Waals surface area contributed by atoms with Crippen LogP contribution in [0.4, 0.5) is 17.1 Å². The second-order valence-corrected chi connectivity index (χ2v) is 5.37. The van der Waals surface area contributed by atoms with Crippen molar-refractivity contribution in [3.63, 3.8) is 0 Å². The first kappa shape index (κ1) is 22.2. The Morgan fingerprint density at radius 3 is 2.26 bits per heavy atom. The Labute approximate surface area is 174 Å². The molecule has 0 saturated heterocycles. The van der Waals surface area contributed by atoms with Crippen molar-refractivity contribution in [2.75, 3.05) is 5.32 Å². The predicted octanol–water partition coefficient (Wildman–Crippen LogP) is -1.64. The van der Waals surface area contributed by atoms with Gasteiger partial charge >= 0.3 is 29.6 Å². The number of carboxylic acids is 1. The third-order valence-electron chi connectivity index (χ3n) is 3.56. The van der Waals surface area contributed by atoms with E-state index in [0.717, 1.165) is 18.2 Å². The van der Waals surface area contributed by atoms with Crippen molar-refractivity contribution < 1.29 is 54.1 Å². The van der Waals surface area contributed by atoms with Crippen molar-refractivity contribution in [1.82, 2.24) is 0 Å². The zero-order valence-electron chi connectivity index (χ0n) is 14.4. The Morgan fingerprint density at radius 1 is 1.04 bits per heavy atom. The number of carbonyl (C=O) groups is 2. The van der Waals surface area contributed by atoms with Crippen molar-refractivity contribution in [1.29, 1.82) is 0 Å². The number of carboxylic acid groups (broad SMARTS) is 1. The summed E-state index contributed by atoms with van der Waals surface area (Å²) in [5, 5.41) is 35.2. The second-order valence-electron chi connectivity index (χ2n) is 5.37. The third kappa shape index (κ3) is 5.58. The monoisotopic (exact) mass is 381 g/mol. The number of nitrogens with zero attached hydrogens (tertiary/aromatic N) is 2. The minimum Gasteiger partial charge on any atom is -0.545 e. The molecule has 0 fully saturated rings. The van der Waals surface area contributed by atoms with Gasteiger partial charge in [0, 0.05) is 35.0 Å². The Hall–Kier alpha value is -2.82. The Bertz CT molecular complexity index is 930. The molecule has 0 bridgehead atoms. The van der Waals surface area contributed by atoms with Crippen LogP contribution in [0.25, 0.3) is 0 Å².